The van der Waals surface area contributed by atoms with Gasteiger partial charge >= 0.3 is 7.82 Å². The number of phosphoric ester groups is 1. The molecule has 0 spiro atoms. The number of imidazole rings is 1. The Labute approximate surface area is 541 Å². The third kappa shape index (κ3) is 14.0. The van der Waals surface area contributed by atoms with Crippen LogP contribution in [-0.4, -0.2) is 123 Å². The molecule has 6 aliphatic rings. The molecule has 1 aromatic carbocycles. The fraction of sp³-hybridized carbons (Fsp3) is 0.661. The number of aliphatic hydroxyl groups is 2. The summed E-state index contributed by atoms with van der Waals surface area (Å²) < 4.78 is 32.1. The van der Waals surface area contributed by atoms with E-state index in [4.69, 9.17) is 69.5 Å². The number of carbonyl (C=O) groups is 7. The van der Waals surface area contributed by atoms with E-state index >= 15 is 0 Å². The van der Waals surface area contributed by atoms with Gasteiger partial charge in [-0.2, -0.15) is 17.1 Å². The SMILES string of the molecule is C/C1=C2/[N-]C([C@H](CC(N)=O)[C@@]2(C)CCC(=O)N=C[C@@H](C)OP(=O)(O)O[C@H]2[C@@H](O)[C@@H]([n+]3c[n-]c4cc(C)c(C)cc43)O[C@@H]2CO)[C@]2(C)[N-]C(/C(C)=C3\[N-]C(/C=C4\[N-]C1[C@@H](CCC(N)=O)C4(C)C)[C@@H](CCC(N)=O)[C@]3(C)CC(N)=O)[C@@H](CCC(N)=O)[C@]2(C)CC(N)=O.[Co]. The van der Waals surface area contributed by atoms with Gasteiger partial charge in [-0.15, -0.1) is 34.8 Å². The maximum absolute atomic E-state index is 14.3. The number of rotatable bonds is 25. The van der Waals surface area contributed by atoms with Gasteiger partial charge in [0.1, 0.15) is 24.4 Å². The molecule has 1 aromatic heterocycles. The first-order valence-electron chi connectivity index (χ1n) is 30.7. The summed E-state index contributed by atoms with van der Waals surface area (Å²) in [6.07, 6.45) is -3.42. The number of fused-ring (bicyclic) bond motifs is 10. The quantitative estimate of drug-likeness (QED) is 0.0378. The van der Waals surface area contributed by atoms with E-state index in [-0.39, 0.29) is 87.4 Å². The Morgan fingerprint density at radius 1 is 0.747 bits per heavy atom. The summed E-state index contributed by atoms with van der Waals surface area (Å²) in [7, 11) is -5.12. The molecule has 27 nitrogen and oxygen atoms in total. The fourth-order valence-electron chi connectivity index (χ4n) is 16.0. The molecule has 6 aliphatic heterocycles. The number of aryl methyl sites for hydroxylation is 2. The molecule has 2 aromatic rings. The number of benzene rings is 1. The van der Waals surface area contributed by atoms with Crippen molar-refractivity contribution >= 4 is 66.4 Å². The van der Waals surface area contributed by atoms with Gasteiger partial charge in [-0.25, -0.2) is 14.5 Å². The van der Waals surface area contributed by atoms with E-state index in [1.54, 1.807) is 4.57 Å². The number of hydrogen-bond acceptors (Lipinski definition) is 13. The van der Waals surface area contributed by atoms with Gasteiger partial charge in [0.05, 0.1) is 24.0 Å². The van der Waals surface area contributed by atoms with Crippen molar-refractivity contribution in [2.45, 2.75) is 207 Å². The van der Waals surface area contributed by atoms with Crippen molar-refractivity contribution in [2.24, 2.45) is 84.7 Å². The monoisotopic (exact) mass is 1330 g/mol. The maximum atomic E-state index is 14.3. The van der Waals surface area contributed by atoms with Crippen LogP contribution in [0.15, 0.2) is 57.8 Å². The number of aliphatic imine (C=N–C) groups is 1. The number of aromatic nitrogens is 2. The molecular weight excluding hydrogens is 1240 g/mol. The van der Waals surface area contributed by atoms with Crippen molar-refractivity contribution in [3.63, 3.8) is 0 Å². The van der Waals surface area contributed by atoms with Gasteiger partial charge in [0.15, 0.2) is 6.23 Å². The van der Waals surface area contributed by atoms with Crippen LogP contribution in [0.1, 0.15) is 150 Å². The molecule has 29 heteroatoms. The molecule has 8 bridgehead atoms. The van der Waals surface area contributed by atoms with E-state index in [2.05, 4.69) is 9.98 Å². The van der Waals surface area contributed by atoms with Crippen LogP contribution in [-0.2, 0) is 68.7 Å². The van der Waals surface area contributed by atoms with Crippen LogP contribution in [0.3, 0.4) is 0 Å². The molecule has 18 atom stereocenters. The number of carbonyl (C=O) groups excluding carboxylic acids is 7. The third-order valence-electron chi connectivity index (χ3n) is 21.0. The van der Waals surface area contributed by atoms with Gasteiger partial charge < -0.3 is 80.1 Å². The molecule has 0 saturated carbocycles. The molecule has 1 radical (unpaired) electrons. The summed E-state index contributed by atoms with van der Waals surface area (Å²) >= 11 is 0. The first-order chi connectivity index (χ1) is 41.8. The van der Waals surface area contributed by atoms with Gasteiger partial charge in [0.25, 0.3) is 0 Å². The normalized spacial score (nSPS) is 36.4. The van der Waals surface area contributed by atoms with Gasteiger partial charge in [-0.05, 0) is 129 Å². The molecule has 15 N–H and O–H groups in total. The molecule has 7 amide bonds. The number of aliphatic hydroxyl groups excluding tert-OH is 2. The molecule has 505 valence electrons. The van der Waals surface area contributed by atoms with Crippen molar-refractivity contribution in [1.82, 2.24) is 4.98 Å². The van der Waals surface area contributed by atoms with Gasteiger partial charge in [0.2, 0.25) is 41.4 Å². The molecule has 5 unspecified atom stereocenters. The molecule has 91 heavy (non-hydrogen) atoms. The predicted molar refractivity (Wildman–Crippen MR) is 331 cm³/mol. The average molecular weight is 1330 g/mol. The predicted octanol–water partition coefficient (Wildman–Crippen LogP) is 4.38. The van der Waals surface area contributed by atoms with E-state index in [0.717, 1.165) is 17.3 Å². The second kappa shape index (κ2) is 27.1. The Kier molecular flexibility index (Phi) is 21.5. The third-order valence-corrected chi connectivity index (χ3v) is 22.1. The van der Waals surface area contributed by atoms with Crippen molar-refractivity contribution in [3.05, 3.63) is 85.2 Å². The first-order valence-corrected chi connectivity index (χ1v) is 32.2. The zero-order valence-corrected chi connectivity index (χ0v) is 55.5. The number of hydrogen-bond donors (Lipinski definition) is 9. The molecule has 0 aliphatic carbocycles. The van der Waals surface area contributed by atoms with Crippen LogP contribution >= 0.6 is 7.82 Å². The minimum absolute atomic E-state index is 0. The number of amides is 7. The smallest absolute Gasteiger partial charge is 0.473 e. The largest absolute Gasteiger partial charge is 0.685 e. The second-order valence-electron chi connectivity index (χ2n) is 27.3. The number of phosphoric acid groups is 1. The minimum Gasteiger partial charge on any atom is -0.685 e. The first kappa shape index (κ1) is 72.4. The maximum Gasteiger partial charge on any atom is 0.473 e. The minimum atomic E-state index is -5.12. The van der Waals surface area contributed by atoms with E-state index in [1.807, 2.05) is 87.4 Å². The molecule has 5 fully saturated rings. The van der Waals surface area contributed by atoms with Crippen LogP contribution in [0.5, 0.6) is 0 Å². The van der Waals surface area contributed by atoms with Gasteiger partial charge in [-0.1, -0.05) is 53.6 Å². The summed E-state index contributed by atoms with van der Waals surface area (Å²) in [6, 6.07) is 0.355. The standard InChI is InChI=1S/C62H90N13O14P.Co/c1-29-20-39-40(21-30(29)2)75(28-70-39)57-52(84)53(41(27-76)87-57)89-90(85,86)88-31(3)26-69-49(83)18-19-59(8)37(22-46(66)80)56-62(11)61(10,25-48(68)82)36(14-17-45(65)79)51(74-62)33(5)55-60(9,24-47(67)81)34(12-15-43(63)77)38(71-55)23-42-58(6,7)35(13-16-44(64)78)50(72-42)32(4)54(59)73-56;/h20-21,23,26,28,31,34-38,41,50-53,56-57,76,84H,12-19,22,24-25,27H2,1-11H3,(H13,63,64,65,66,67,68,77,78,79,80,81,82,85,86);/q-4;/b42-23-,54-32-,55-33-,69-26?;/t31-,34-,35-,36-,37+,38?,41-,50?,51?,52-,53-,56?,57+,59-,60+,61+,62+;/m1./s1. The number of ether oxygens (including phenoxy) is 1. The van der Waals surface area contributed by atoms with Crippen molar-refractivity contribution in [2.75, 3.05) is 6.61 Å². The van der Waals surface area contributed by atoms with Crippen LogP contribution in [0.25, 0.3) is 32.3 Å². The fourth-order valence-corrected chi connectivity index (χ4v) is 17.1. The Balaban J connectivity index is 0.0000118. The summed E-state index contributed by atoms with van der Waals surface area (Å²) in [5, 5.41) is 44.1. The van der Waals surface area contributed by atoms with Crippen LogP contribution in [0, 0.1) is 59.2 Å². The van der Waals surface area contributed by atoms with Crippen LogP contribution in [0.2, 0.25) is 0 Å². The number of nitrogens with zero attached hydrogens (tertiary/aromatic N) is 7. The topological polar surface area (TPSA) is 468 Å². The van der Waals surface area contributed by atoms with Crippen molar-refractivity contribution in [1.29, 1.82) is 0 Å². The molecular formula is C62H90CoN13O14P-4. The summed E-state index contributed by atoms with van der Waals surface area (Å²) in [6.45, 7) is 19.6. The summed E-state index contributed by atoms with van der Waals surface area (Å²) in [5.41, 5.74) is 36.0. The number of primary amides is 6. The van der Waals surface area contributed by atoms with Gasteiger partial charge in [0, 0.05) is 67.9 Å². The van der Waals surface area contributed by atoms with Crippen molar-refractivity contribution < 1.29 is 88.4 Å². The van der Waals surface area contributed by atoms with E-state index in [9.17, 15) is 53.2 Å². The van der Waals surface area contributed by atoms with Crippen LogP contribution < -0.4 is 44.0 Å². The van der Waals surface area contributed by atoms with E-state index in [1.165, 1.54) is 13.3 Å². The van der Waals surface area contributed by atoms with Crippen molar-refractivity contribution in [3.8, 4) is 0 Å². The molecule has 5 saturated heterocycles. The average Bonchev–Trinajstić information content (AvgIpc) is 1.53. The Morgan fingerprint density at radius 3 is 1.90 bits per heavy atom. The zero-order chi connectivity index (χ0) is 66.7. The summed E-state index contributed by atoms with van der Waals surface area (Å²) in [5.74, 6) is -7.14. The van der Waals surface area contributed by atoms with Crippen LogP contribution in [0.4, 0.5) is 0 Å². The van der Waals surface area contributed by atoms with E-state index < -0.39 is 161 Å². The Hall–Kier alpha value is -6.07. The molecule has 7 heterocycles. The van der Waals surface area contributed by atoms with E-state index in [0.29, 0.717) is 39.3 Å². The number of allylic oxidation sites excluding steroid dienone is 3. The Morgan fingerprint density at radius 2 is 1.32 bits per heavy atom. The summed E-state index contributed by atoms with van der Waals surface area (Å²) in [4.78, 5) is 113. The van der Waals surface area contributed by atoms with Gasteiger partial charge in [-0.3, -0.25) is 42.6 Å². The second-order valence-corrected chi connectivity index (χ2v) is 28.7. The number of nitrogens with two attached hydrogens (primary N) is 6. The Bertz CT molecular complexity index is 3390. The molecule has 8 rings (SSSR count). The zero-order valence-electron chi connectivity index (χ0n) is 53.6.